The highest BCUT2D eigenvalue weighted by Crippen LogP contribution is 2.31. The van der Waals surface area contributed by atoms with Crippen molar-refractivity contribution in [1.29, 1.82) is 0 Å². The molecule has 0 aromatic carbocycles. The number of hydrogen-bond acceptors (Lipinski definition) is 3. The predicted molar refractivity (Wildman–Crippen MR) is 83.2 cm³/mol. The van der Waals surface area contributed by atoms with Crippen LogP contribution >= 0.6 is 22.9 Å². The first-order valence-electron chi connectivity index (χ1n) is 7.23. The lowest BCUT2D eigenvalue weighted by atomic mass is 9.85. The van der Waals surface area contributed by atoms with Crippen LogP contribution < -0.4 is 0 Å². The second kappa shape index (κ2) is 6.57. The van der Waals surface area contributed by atoms with Gasteiger partial charge < -0.3 is 5.11 Å². The van der Waals surface area contributed by atoms with Crippen molar-refractivity contribution >= 4 is 22.9 Å². The zero-order valence-corrected chi connectivity index (χ0v) is 13.4. The van der Waals surface area contributed by atoms with Crippen LogP contribution in [0.4, 0.5) is 0 Å². The first kappa shape index (κ1) is 15.3. The average Bonchev–Trinajstić information content (AvgIpc) is 2.84. The van der Waals surface area contributed by atoms with Crippen LogP contribution in [0.1, 0.15) is 44.4 Å². The largest absolute Gasteiger partial charge is 0.391 e. The first-order valence-corrected chi connectivity index (χ1v) is 8.43. The molecule has 1 saturated heterocycles. The molecule has 0 radical (unpaired) electrons. The molecule has 0 amide bonds. The number of halogens is 1. The molecule has 1 aromatic heterocycles. The standard InChI is InChI=1S/C15H24ClNOS/c1-3-15(2,17-9-5-4-6-10-17)13(18)11-12-7-8-14(16)19-12/h7-8,13,18H,3-6,9-11H2,1-2H3. The van der Waals surface area contributed by atoms with Crippen molar-refractivity contribution in [1.82, 2.24) is 4.90 Å². The number of aliphatic hydroxyl groups excluding tert-OH is 1. The Morgan fingerprint density at radius 3 is 2.58 bits per heavy atom. The highest BCUT2D eigenvalue weighted by Gasteiger charge is 2.37. The molecule has 2 nitrogen and oxygen atoms in total. The number of nitrogens with zero attached hydrogens (tertiary/aromatic N) is 1. The number of aliphatic hydroxyl groups is 1. The molecule has 4 heteroatoms. The van der Waals surface area contributed by atoms with E-state index in [4.69, 9.17) is 11.6 Å². The maximum absolute atomic E-state index is 10.7. The Morgan fingerprint density at radius 2 is 2.05 bits per heavy atom. The third-order valence-corrected chi connectivity index (χ3v) is 5.79. The molecule has 1 aliphatic heterocycles. The third kappa shape index (κ3) is 3.52. The summed E-state index contributed by atoms with van der Waals surface area (Å²) in [5.74, 6) is 0. The molecule has 2 rings (SSSR count). The Kier molecular flexibility index (Phi) is 5.29. The van der Waals surface area contributed by atoms with E-state index in [1.807, 2.05) is 12.1 Å². The summed E-state index contributed by atoms with van der Waals surface area (Å²) >= 11 is 7.54. The van der Waals surface area contributed by atoms with Gasteiger partial charge in [-0.25, -0.2) is 0 Å². The molecule has 1 aliphatic rings. The molecule has 108 valence electrons. The summed E-state index contributed by atoms with van der Waals surface area (Å²) in [5, 5.41) is 10.7. The Labute approximate surface area is 125 Å². The SMILES string of the molecule is CCC(C)(C(O)Cc1ccc(Cl)s1)N1CCCCC1. The number of rotatable bonds is 5. The van der Waals surface area contributed by atoms with Gasteiger partial charge in [0, 0.05) is 16.8 Å². The fourth-order valence-electron chi connectivity index (χ4n) is 2.95. The molecule has 2 unspecified atom stereocenters. The van der Waals surface area contributed by atoms with Gasteiger partial charge in [-0.15, -0.1) is 11.3 Å². The van der Waals surface area contributed by atoms with E-state index in [0.29, 0.717) is 6.42 Å². The summed E-state index contributed by atoms with van der Waals surface area (Å²) in [7, 11) is 0. The number of piperidine rings is 1. The fourth-order valence-corrected chi connectivity index (χ4v) is 4.07. The van der Waals surface area contributed by atoms with Crippen LogP contribution in [0.2, 0.25) is 4.34 Å². The summed E-state index contributed by atoms with van der Waals surface area (Å²) in [6.07, 6.45) is 5.20. The van der Waals surface area contributed by atoms with Gasteiger partial charge in [0.25, 0.3) is 0 Å². The van der Waals surface area contributed by atoms with Gasteiger partial charge >= 0.3 is 0 Å². The van der Waals surface area contributed by atoms with E-state index in [2.05, 4.69) is 18.7 Å². The van der Waals surface area contributed by atoms with Crippen LogP contribution in [0.15, 0.2) is 12.1 Å². The molecule has 1 aromatic rings. The van der Waals surface area contributed by atoms with E-state index in [0.717, 1.165) is 23.8 Å². The van der Waals surface area contributed by atoms with Crippen LogP contribution in [0, 0.1) is 0 Å². The minimum absolute atomic E-state index is 0.114. The molecular formula is C15H24ClNOS. The van der Waals surface area contributed by atoms with E-state index in [1.165, 1.54) is 24.1 Å². The maximum atomic E-state index is 10.7. The molecule has 1 N–H and O–H groups in total. The smallest absolute Gasteiger partial charge is 0.0931 e. The molecular weight excluding hydrogens is 278 g/mol. The summed E-state index contributed by atoms with van der Waals surface area (Å²) in [4.78, 5) is 3.66. The quantitative estimate of drug-likeness (QED) is 0.890. The molecule has 19 heavy (non-hydrogen) atoms. The van der Waals surface area contributed by atoms with E-state index in [-0.39, 0.29) is 11.6 Å². The molecule has 0 bridgehead atoms. The summed E-state index contributed by atoms with van der Waals surface area (Å²) in [5.41, 5.74) is -0.114. The summed E-state index contributed by atoms with van der Waals surface area (Å²) < 4.78 is 0.804. The van der Waals surface area contributed by atoms with Crippen molar-refractivity contribution in [3.05, 3.63) is 21.3 Å². The van der Waals surface area contributed by atoms with Gasteiger partial charge in [-0.1, -0.05) is 24.9 Å². The second-order valence-corrected chi connectivity index (χ2v) is 7.48. The van der Waals surface area contributed by atoms with Crippen LogP contribution in [0.25, 0.3) is 0 Å². The Hall–Kier alpha value is -0.0900. The van der Waals surface area contributed by atoms with Gasteiger partial charge in [0.05, 0.1) is 10.4 Å². The molecule has 2 heterocycles. The van der Waals surface area contributed by atoms with Gasteiger partial charge in [0.15, 0.2) is 0 Å². The first-order chi connectivity index (χ1) is 9.06. The molecule has 0 saturated carbocycles. The zero-order valence-electron chi connectivity index (χ0n) is 11.9. The number of thiophene rings is 1. The van der Waals surface area contributed by atoms with Crippen molar-refractivity contribution in [2.75, 3.05) is 13.1 Å². The van der Waals surface area contributed by atoms with Crippen LogP contribution in [-0.2, 0) is 6.42 Å². The van der Waals surface area contributed by atoms with E-state index in [9.17, 15) is 5.11 Å². The van der Waals surface area contributed by atoms with E-state index >= 15 is 0 Å². The lowest BCUT2D eigenvalue weighted by Gasteiger charge is -2.46. The van der Waals surface area contributed by atoms with Crippen LogP contribution in [0.3, 0.4) is 0 Å². The van der Waals surface area contributed by atoms with Gasteiger partial charge in [-0.05, 0) is 51.4 Å². The summed E-state index contributed by atoms with van der Waals surface area (Å²) in [6.45, 7) is 6.62. The van der Waals surface area contributed by atoms with Crippen LogP contribution in [-0.4, -0.2) is 34.7 Å². The third-order valence-electron chi connectivity index (χ3n) is 4.54. The van der Waals surface area contributed by atoms with Gasteiger partial charge in [-0.3, -0.25) is 4.90 Å². The Balaban J connectivity index is 2.06. The monoisotopic (exact) mass is 301 g/mol. The molecule has 0 spiro atoms. The van der Waals surface area contributed by atoms with Crippen LogP contribution in [0.5, 0.6) is 0 Å². The van der Waals surface area contributed by atoms with Crippen molar-refractivity contribution in [3.8, 4) is 0 Å². The molecule has 2 atom stereocenters. The van der Waals surface area contributed by atoms with Gasteiger partial charge in [0.1, 0.15) is 0 Å². The van der Waals surface area contributed by atoms with Crippen molar-refractivity contribution in [3.63, 3.8) is 0 Å². The fraction of sp³-hybridized carbons (Fsp3) is 0.733. The predicted octanol–water partition coefficient (Wildman–Crippen LogP) is 3.96. The zero-order chi connectivity index (χ0) is 13.9. The average molecular weight is 302 g/mol. The highest BCUT2D eigenvalue weighted by molar-refractivity contribution is 7.16. The minimum Gasteiger partial charge on any atom is -0.391 e. The highest BCUT2D eigenvalue weighted by atomic mass is 35.5. The summed E-state index contributed by atoms with van der Waals surface area (Å²) in [6, 6.07) is 3.95. The van der Waals surface area contributed by atoms with Gasteiger partial charge in [0.2, 0.25) is 0 Å². The Bertz CT molecular complexity index is 403. The minimum atomic E-state index is -0.328. The number of likely N-dealkylation sites (tertiary alicyclic amines) is 1. The van der Waals surface area contributed by atoms with Crippen molar-refractivity contribution in [2.24, 2.45) is 0 Å². The molecule has 1 fully saturated rings. The maximum Gasteiger partial charge on any atom is 0.0931 e. The molecule has 0 aliphatic carbocycles. The lowest BCUT2D eigenvalue weighted by molar-refractivity contribution is -0.0325. The number of hydrogen-bond donors (Lipinski definition) is 1. The van der Waals surface area contributed by atoms with Crippen molar-refractivity contribution in [2.45, 2.75) is 57.6 Å². The second-order valence-electron chi connectivity index (χ2n) is 5.68. The van der Waals surface area contributed by atoms with Gasteiger partial charge in [-0.2, -0.15) is 0 Å². The topological polar surface area (TPSA) is 23.5 Å². The van der Waals surface area contributed by atoms with E-state index < -0.39 is 0 Å². The lowest BCUT2D eigenvalue weighted by Crippen LogP contribution is -2.56. The Morgan fingerprint density at radius 1 is 1.37 bits per heavy atom. The normalized spacial score (nSPS) is 22.1. The van der Waals surface area contributed by atoms with Crippen molar-refractivity contribution < 1.29 is 5.11 Å². The van der Waals surface area contributed by atoms with E-state index in [1.54, 1.807) is 11.3 Å².